The van der Waals surface area contributed by atoms with Crippen LogP contribution in [0.3, 0.4) is 0 Å². The number of esters is 1. The van der Waals surface area contributed by atoms with Crippen molar-refractivity contribution in [1.82, 2.24) is 4.90 Å². The molecule has 9 heteroatoms. The third kappa shape index (κ3) is 6.53. The Balaban J connectivity index is 1.58. The summed E-state index contributed by atoms with van der Waals surface area (Å²) >= 11 is 7.16. The molecule has 0 radical (unpaired) electrons. The number of anilines is 1. The molecule has 4 rings (SSSR count). The lowest BCUT2D eigenvalue weighted by molar-refractivity contribution is -0.129. The molecule has 1 atom stereocenters. The van der Waals surface area contributed by atoms with E-state index < -0.39 is 11.2 Å². The number of ether oxygens (including phenoxy) is 1. The molecule has 1 aliphatic heterocycles. The van der Waals surface area contributed by atoms with E-state index in [-0.39, 0.29) is 24.8 Å². The molecule has 0 saturated carbocycles. The van der Waals surface area contributed by atoms with Crippen molar-refractivity contribution in [1.29, 1.82) is 0 Å². The van der Waals surface area contributed by atoms with Gasteiger partial charge in [0.1, 0.15) is 5.25 Å². The number of halogens is 1. The van der Waals surface area contributed by atoms with Gasteiger partial charge in [0.05, 0.1) is 24.4 Å². The van der Waals surface area contributed by atoms with Crippen LogP contribution in [0.4, 0.5) is 11.4 Å². The topological polar surface area (TPSA) is 88.1 Å². The number of benzene rings is 3. The maximum atomic E-state index is 13.2. The first-order valence-electron chi connectivity index (χ1n) is 11.4. The molecule has 0 aliphatic carbocycles. The quantitative estimate of drug-likeness (QED) is 0.404. The summed E-state index contributed by atoms with van der Waals surface area (Å²) in [6.07, 6.45) is 0.0394. The number of nitrogens with one attached hydrogen (secondary N) is 1. The minimum atomic E-state index is -0.655. The van der Waals surface area contributed by atoms with Crippen LogP contribution in [-0.2, 0) is 20.9 Å². The predicted octanol–water partition coefficient (Wildman–Crippen LogP) is 5.68. The Morgan fingerprint density at radius 3 is 2.42 bits per heavy atom. The predicted molar refractivity (Wildman–Crippen MR) is 143 cm³/mol. The average molecular weight is 522 g/mol. The van der Waals surface area contributed by atoms with Crippen molar-refractivity contribution in [2.45, 2.75) is 25.1 Å². The number of hydrogen-bond acceptors (Lipinski definition) is 6. The van der Waals surface area contributed by atoms with Gasteiger partial charge in [0.15, 0.2) is 5.17 Å². The highest BCUT2D eigenvalue weighted by molar-refractivity contribution is 8.15. The van der Waals surface area contributed by atoms with Crippen molar-refractivity contribution in [3.05, 3.63) is 95.0 Å². The van der Waals surface area contributed by atoms with Gasteiger partial charge in [-0.05, 0) is 61.0 Å². The molecule has 7 nitrogen and oxygen atoms in total. The molecule has 3 aromatic carbocycles. The molecule has 1 heterocycles. The number of thioether (sulfide) groups is 1. The molecule has 0 bridgehead atoms. The summed E-state index contributed by atoms with van der Waals surface area (Å²) < 4.78 is 5.03. The zero-order chi connectivity index (χ0) is 25.5. The first-order chi connectivity index (χ1) is 17.4. The zero-order valence-electron chi connectivity index (χ0n) is 19.5. The van der Waals surface area contributed by atoms with Crippen molar-refractivity contribution in [2.24, 2.45) is 4.99 Å². The molecule has 0 unspecified atom stereocenters. The van der Waals surface area contributed by atoms with E-state index in [0.29, 0.717) is 33.7 Å². The van der Waals surface area contributed by atoms with Crippen LogP contribution in [0.2, 0.25) is 5.02 Å². The number of nitrogens with zero attached hydrogens (tertiary/aromatic N) is 2. The Morgan fingerprint density at radius 2 is 1.75 bits per heavy atom. The Kier molecular flexibility index (Phi) is 8.40. The summed E-state index contributed by atoms with van der Waals surface area (Å²) in [5.41, 5.74) is 2.50. The highest BCUT2D eigenvalue weighted by Crippen LogP contribution is 2.31. The summed E-state index contributed by atoms with van der Waals surface area (Å²) in [4.78, 5) is 44.4. The van der Waals surface area contributed by atoms with Crippen molar-refractivity contribution in [2.75, 3.05) is 11.9 Å². The summed E-state index contributed by atoms with van der Waals surface area (Å²) in [7, 11) is 0. The fraction of sp³-hybridized carbons (Fsp3) is 0.185. The lowest BCUT2D eigenvalue weighted by atomic mass is 10.2. The summed E-state index contributed by atoms with van der Waals surface area (Å²) in [6, 6.07) is 23.0. The van der Waals surface area contributed by atoms with Gasteiger partial charge >= 0.3 is 5.97 Å². The molecule has 1 aliphatic rings. The highest BCUT2D eigenvalue weighted by atomic mass is 35.5. The highest BCUT2D eigenvalue weighted by Gasteiger charge is 2.36. The second kappa shape index (κ2) is 11.9. The molecule has 1 N–H and O–H groups in total. The molecule has 184 valence electrons. The Bertz CT molecular complexity index is 1260. The van der Waals surface area contributed by atoms with Crippen LogP contribution >= 0.6 is 23.4 Å². The monoisotopic (exact) mass is 521 g/mol. The normalized spacial score (nSPS) is 16.6. The van der Waals surface area contributed by atoms with Crippen LogP contribution in [0.25, 0.3) is 0 Å². The van der Waals surface area contributed by atoms with E-state index in [0.717, 1.165) is 5.56 Å². The Morgan fingerprint density at radius 1 is 1.06 bits per heavy atom. The smallest absolute Gasteiger partial charge is 0.338 e. The minimum Gasteiger partial charge on any atom is -0.462 e. The van der Waals surface area contributed by atoms with Gasteiger partial charge in [-0.25, -0.2) is 9.79 Å². The molecule has 0 spiro atoms. The molecule has 1 saturated heterocycles. The number of carbonyl (C=O) groups excluding carboxylic acids is 3. The standard InChI is InChI=1S/C27H24ClN3O4S/c1-2-35-26(34)19-8-12-22(13-9-19)30-27-31(17-18-6-4-3-5-7-18)24(32)16-23(36-27)25(33)29-21-14-10-20(28)11-15-21/h3-15,23H,2,16-17H2,1H3,(H,29,33)/t23-/m1/s1. The van der Waals surface area contributed by atoms with E-state index in [4.69, 9.17) is 16.3 Å². The maximum Gasteiger partial charge on any atom is 0.338 e. The molecule has 1 fully saturated rings. The fourth-order valence-electron chi connectivity index (χ4n) is 3.52. The molecule has 2 amide bonds. The first-order valence-corrected chi connectivity index (χ1v) is 12.6. The molecular formula is C27H24ClN3O4S. The van der Waals surface area contributed by atoms with Crippen molar-refractivity contribution >= 4 is 57.7 Å². The van der Waals surface area contributed by atoms with Crippen LogP contribution < -0.4 is 5.32 Å². The Labute approximate surface area is 218 Å². The number of amides is 2. The summed E-state index contributed by atoms with van der Waals surface area (Å²) in [5, 5.41) is 3.17. The van der Waals surface area contributed by atoms with Crippen LogP contribution in [0, 0.1) is 0 Å². The lowest BCUT2D eigenvalue weighted by Crippen LogP contribution is -2.44. The lowest BCUT2D eigenvalue weighted by Gasteiger charge is -2.32. The fourth-order valence-corrected chi connectivity index (χ4v) is 4.74. The van der Waals surface area contributed by atoms with Crippen LogP contribution in [-0.4, -0.2) is 39.7 Å². The maximum absolute atomic E-state index is 13.2. The molecule has 0 aromatic heterocycles. The van der Waals surface area contributed by atoms with Crippen LogP contribution in [0.15, 0.2) is 83.9 Å². The molecule has 36 heavy (non-hydrogen) atoms. The van der Waals surface area contributed by atoms with Crippen LogP contribution in [0.1, 0.15) is 29.3 Å². The first kappa shape index (κ1) is 25.5. The van der Waals surface area contributed by atoms with Gasteiger partial charge < -0.3 is 10.1 Å². The third-order valence-electron chi connectivity index (χ3n) is 5.33. The number of hydrogen-bond donors (Lipinski definition) is 1. The second-order valence-corrected chi connectivity index (χ2v) is 9.54. The largest absolute Gasteiger partial charge is 0.462 e. The van der Waals surface area contributed by atoms with Gasteiger partial charge in [-0.15, -0.1) is 0 Å². The van der Waals surface area contributed by atoms with E-state index in [2.05, 4.69) is 10.3 Å². The average Bonchev–Trinajstić information content (AvgIpc) is 2.88. The minimum absolute atomic E-state index is 0.0394. The second-order valence-electron chi connectivity index (χ2n) is 7.93. The summed E-state index contributed by atoms with van der Waals surface area (Å²) in [5.74, 6) is -0.903. The van der Waals surface area contributed by atoms with E-state index in [1.165, 1.54) is 11.8 Å². The van der Waals surface area contributed by atoms with Crippen LogP contribution in [0.5, 0.6) is 0 Å². The van der Waals surface area contributed by atoms with E-state index in [9.17, 15) is 14.4 Å². The number of rotatable bonds is 7. The van der Waals surface area contributed by atoms with E-state index in [1.807, 2.05) is 30.3 Å². The Hall–Kier alpha value is -3.62. The van der Waals surface area contributed by atoms with Crippen molar-refractivity contribution in [3.8, 4) is 0 Å². The van der Waals surface area contributed by atoms with E-state index in [1.54, 1.807) is 60.4 Å². The zero-order valence-corrected chi connectivity index (χ0v) is 21.1. The SMILES string of the molecule is CCOC(=O)c1ccc(N=C2S[C@@H](C(=O)Nc3ccc(Cl)cc3)CC(=O)N2Cc2ccccc2)cc1. The van der Waals surface area contributed by atoms with Gasteiger partial charge in [-0.3, -0.25) is 14.5 Å². The van der Waals surface area contributed by atoms with Gasteiger partial charge in [0.2, 0.25) is 11.8 Å². The number of amidine groups is 1. The third-order valence-corrected chi connectivity index (χ3v) is 6.77. The van der Waals surface area contributed by atoms with Gasteiger partial charge in [0.25, 0.3) is 0 Å². The number of carbonyl (C=O) groups is 3. The van der Waals surface area contributed by atoms with Gasteiger partial charge in [-0.1, -0.05) is 53.7 Å². The summed E-state index contributed by atoms with van der Waals surface area (Å²) in [6.45, 7) is 2.36. The molecule has 3 aromatic rings. The molecular weight excluding hydrogens is 498 g/mol. The van der Waals surface area contributed by atoms with Gasteiger partial charge in [-0.2, -0.15) is 0 Å². The van der Waals surface area contributed by atoms with Gasteiger partial charge in [0, 0.05) is 17.1 Å². The number of aliphatic imine (C=N–C) groups is 1. The van der Waals surface area contributed by atoms with Crippen molar-refractivity contribution in [3.63, 3.8) is 0 Å². The van der Waals surface area contributed by atoms with Crippen molar-refractivity contribution < 1.29 is 19.1 Å². The van der Waals surface area contributed by atoms with E-state index >= 15 is 0 Å².